The number of primary amides is 1. The summed E-state index contributed by atoms with van der Waals surface area (Å²) >= 11 is 3.35. The molecular formula is C16H25BrN2O7. The van der Waals surface area contributed by atoms with Crippen LogP contribution < -0.4 is 10.5 Å². The van der Waals surface area contributed by atoms with Crippen molar-refractivity contribution in [3.05, 3.63) is 22.8 Å². The molecule has 0 unspecified atom stereocenters. The molecule has 0 atom stereocenters. The highest BCUT2D eigenvalue weighted by atomic mass is 79.9. The molecule has 26 heavy (non-hydrogen) atoms. The van der Waals surface area contributed by atoms with E-state index in [1.807, 2.05) is 6.07 Å². The van der Waals surface area contributed by atoms with Gasteiger partial charge in [0.15, 0.2) is 0 Å². The van der Waals surface area contributed by atoms with Crippen LogP contribution in [-0.4, -0.2) is 77.1 Å². The average molecular weight is 437 g/mol. The molecule has 9 nitrogen and oxygen atoms in total. The number of aromatic nitrogens is 1. The van der Waals surface area contributed by atoms with Gasteiger partial charge in [0.25, 0.3) is 0 Å². The predicted octanol–water partition coefficient (Wildman–Crippen LogP) is 1.38. The minimum atomic E-state index is -0.806. The lowest BCUT2D eigenvalue weighted by atomic mass is 10.5. The molecule has 10 heteroatoms. The van der Waals surface area contributed by atoms with Crippen molar-refractivity contribution in [2.45, 2.75) is 0 Å². The Balaban J connectivity index is 1.75. The van der Waals surface area contributed by atoms with Crippen LogP contribution in [-0.2, 0) is 23.7 Å². The van der Waals surface area contributed by atoms with Crippen molar-refractivity contribution >= 4 is 22.0 Å². The molecule has 1 amide bonds. The standard InChI is InChI=1S/C16H25BrN2O7/c17-14-1-2-19-15(13-14)25-11-9-23-7-5-21-3-4-22-6-8-24-10-12-26-16(18)20/h1-2,13H,3-12H2,(H2,18,20). The van der Waals surface area contributed by atoms with E-state index in [1.54, 1.807) is 12.3 Å². The maximum absolute atomic E-state index is 10.3. The van der Waals surface area contributed by atoms with Crippen LogP contribution in [0.4, 0.5) is 4.79 Å². The number of carbonyl (C=O) groups is 1. The summed E-state index contributed by atoms with van der Waals surface area (Å²) in [5, 5.41) is 0. The van der Waals surface area contributed by atoms with Gasteiger partial charge in [-0.1, -0.05) is 15.9 Å². The van der Waals surface area contributed by atoms with Crippen molar-refractivity contribution in [3.63, 3.8) is 0 Å². The lowest BCUT2D eigenvalue weighted by Crippen LogP contribution is -2.17. The second kappa shape index (κ2) is 15.8. The number of ether oxygens (including phenoxy) is 6. The predicted molar refractivity (Wildman–Crippen MR) is 96.2 cm³/mol. The summed E-state index contributed by atoms with van der Waals surface area (Å²) in [6.07, 6.45) is 0.862. The number of amides is 1. The number of halogens is 1. The molecule has 0 fully saturated rings. The molecule has 1 rings (SSSR count). The maximum Gasteiger partial charge on any atom is 0.404 e. The topological polar surface area (TPSA) is 111 Å². The average Bonchev–Trinajstić information content (AvgIpc) is 2.61. The molecule has 1 aromatic rings. The van der Waals surface area contributed by atoms with Gasteiger partial charge in [-0.2, -0.15) is 0 Å². The molecule has 2 N–H and O–H groups in total. The lowest BCUT2D eigenvalue weighted by molar-refractivity contribution is -0.00852. The van der Waals surface area contributed by atoms with Crippen molar-refractivity contribution < 1.29 is 33.2 Å². The normalized spacial score (nSPS) is 10.7. The lowest BCUT2D eigenvalue weighted by Gasteiger charge is -2.08. The Morgan fingerprint density at radius 3 is 1.88 bits per heavy atom. The SMILES string of the molecule is NC(=O)OCCOCCOCCOCCOCCOc1cc(Br)ccn1. The molecule has 148 valence electrons. The van der Waals surface area contributed by atoms with E-state index >= 15 is 0 Å². The summed E-state index contributed by atoms with van der Waals surface area (Å²) in [6, 6.07) is 3.63. The first-order valence-corrected chi connectivity index (χ1v) is 8.95. The van der Waals surface area contributed by atoms with E-state index in [4.69, 9.17) is 29.4 Å². The monoisotopic (exact) mass is 436 g/mol. The van der Waals surface area contributed by atoms with Crippen LogP contribution in [0.5, 0.6) is 5.88 Å². The number of hydrogen-bond donors (Lipinski definition) is 1. The summed E-state index contributed by atoms with van der Waals surface area (Å²) in [4.78, 5) is 14.4. The molecule has 0 aliphatic rings. The number of rotatable bonds is 16. The molecule has 0 spiro atoms. The van der Waals surface area contributed by atoms with Gasteiger partial charge in [0.05, 0.1) is 52.9 Å². The third kappa shape index (κ3) is 13.8. The Hall–Kier alpha value is -1.46. The smallest absolute Gasteiger partial charge is 0.404 e. The first kappa shape index (κ1) is 22.6. The summed E-state index contributed by atoms with van der Waals surface area (Å²) in [6.45, 7) is 4.10. The van der Waals surface area contributed by atoms with Gasteiger partial charge in [-0.25, -0.2) is 9.78 Å². The van der Waals surface area contributed by atoms with Crippen molar-refractivity contribution in [2.75, 3.05) is 66.1 Å². The Labute approximate surface area is 161 Å². The van der Waals surface area contributed by atoms with Crippen LogP contribution in [0.3, 0.4) is 0 Å². The summed E-state index contributed by atoms with van der Waals surface area (Å²) in [5.41, 5.74) is 4.80. The minimum absolute atomic E-state index is 0.142. The van der Waals surface area contributed by atoms with Gasteiger partial charge in [0.2, 0.25) is 5.88 Å². The fraction of sp³-hybridized carbons (Fsp3) is 0.625. The van der Waals surface area contributed by atoms with Crippen LogP contribution in [0.25, 0.3) is 0 Å². The van der Waals surface area contributed by atoms with Crippen LogP contribution >= 0.6 is 15.9 Å². The Kier molecular flexibility index (Phi) is 13.7. The van der Waals surface area contributed by atoms with Crippen LogP contribution in [0.15, 0.2) is 22.8 Å². The largest absolute Gasteiger partial charge is 0.475 e. The van der Waals surface area contributed by atoms with Crippen molar-refractivity contribution in [1.29, 1.82) is 0 Å². The molecule has 0 saturated heterocycles. The number of nitrogens with zero attached hydrogens (tertiary/aromatic N) is 1. The molecule has 0 radical (unpaired) electrons. The number of hydrogen-bond acceptors (Lipinski definition) is 8. The number of nitrogens with two attached hydrogens (primary N) is 1. The van der Waals surface area contributed by atoms with Crippen molar-refractivity contribution in [3.8, 4) is 5.88 Å². The van der Waals surface area contributed by atoms with Gasteiger partial charge in [0, 0.05) is 16.7 Å². The molecule has 0 aromatic carbocycles. The van der Waals surface area contributed by atoms with Crippen molar-refractivity contribution in [2.24, 2.45) is 5.73 Å². The van der Waals surface area contributed by atoms with Crippen LogP contribution in [0.2, 0.25) is 0 Å². The molecular weight excluding hydrogens is 412 g/mol. The third-order valence-corrected chi connectivity index (χ3v) is 3.26. The van der Waals surface area contributed by atoms with Crippen LogP contribution in [0.1, 0.15) is 0 Å². The van der Waals surface area contributed by atoms with Gasteiger partial charge in [-0.15, -0.1) is 0 Å². The summed E-state index contributed by atoms with van der Waals surface area (Å²) in [7, 11) is 0. The maximum atomic E-state index is 10.3. The van der Waals surface area contributed by atoms with Gasteiger partial charge in [-0.3, -0.25) is 0 Å². The molecule has 0 aliphatic heterocycles. The first-order chi connectivity index (χ1) is 12.7. The highest BCUT2D eigenvalue weighted by molar-refractivity contribution is 9.10. The zero-order valence-electron chi connectivity index (χ0n) is 14.6. The number of pyridine rings is 1. The van der Waals surface area contributed by atoms with E-state index in [1.165, 1.54) is 0 Å². The van der Waals surface area contributed by atoms with Gasteiger partial charge < -0.3 is 34.2 Å². The Bertz CT molecular complexity index is 493. The second-order valence-electron chi connectivity index (χ2n) is 4.78. The summed E-state index contributed by atoms with van der Waals surface area (Å²) < 4.78 is 32.1. The minimum Gasteiger partial charge on any atom is -0.475 e. The zero-order chi connectivity index (χ0) is 18.9. The van der Waals surface area contributed by atoms with Crippen molar-refractivity contribution in [1.82, 2.24) is 4.98 Å². The molecule has 0 aliphatic carbocycles. The Morgan fingerprint density at radius 1 is 0.885 bits per heavy atom. The van der Waals surface area contributed by atoms with E-state index < -0.39 is 6.09 Å². The van der Waals surface area contributed by atoms with Gasteiger partial charge in [0.1, 0.15) is 13.2 Å². The quantitative estimate of drug-likeness (QED) is 0.386. The van der Waals surface area contributed by atoms with Crippen LogP contribution in [0, 0.1) is 0 Å². The second-order valence-corrected chi connectivity index (χ2v) is 5.69. The molecule has 1 aromatic heterocycles. The Morgan fingerprint density at radius 2 is 1.38 bits per heavy atom. The molecule has 0 saturated carbocycles. The highest BCUT2D eigenvalue weighted by Crippen LogP contribution is 2.14. The fourth-order valence-corrected chi connectivity index (χ4v) is 1.95. The fourth-order valence-electron chi connectivity index (χ4n) is 1.63. The van der Waals surface area contributed by atoms with E-state index in [-0.39, 0.29) is 6.61 Å². The van der Waals surface area contributed by atoms with E-state index in [9.17, 15) is 4.79 Å². The van der Waals surface area contributed by atoms with Gasteiger partial charge >= 0.3 is 6.09 Å². The zero-order valence-corrected chi connectivity index (χ0v) is 16.1. The summed E-state index contributed by atoms with van der Waals surface area (Å²) in [5.74, 6) is 0.556. The van der Waals surface area contributed by atoms with E-state index in [0.29, 0.717) is 65.3 Å². The van der Waals surface area contributed by atoms with Gasteiger partial charge in [-0.05, 0) is 6.07 Å². The first-order valence-electron chi connectivity index (χ1n) is 8.16. The number of carbonyl (C=O) groups excluding carboxylic acids is 1. The molecule has 1 heterocycles. The highest BCUT2D eigenvalue weighted by Gasteiger charge is 1.97. The van der Waals surface area contributed by atoms with E-state index in [0.717, 1.165) is 4.47 Å². The third-order valence-electron chi connectivity index (χ3n) is 2.76. The molecule has 0 bridgehead atoms. The van der Waals surface area contributed by atoms with E-state index in [2.05, 4.69) is 25.7 Å².